The summed E-state index contributed by atoms with van der Waals surface area (Å²) in [7, 11) is 0. The van der Waals surface area contributed by atoms with Gasteiger partial charge in [0.15, 0.2) is 0 Å². The average Bonchev–Trinajstić information content (AvgIpc) is 2.92. The van der Waals surface area contributed by atoms with E-state index in [9.17, 15) is 4.79 Å². The highest BCUT2D eigenvalue weighted by Gasteiger charge is 2.26. The SMILES string of the molecule is CCOCC(=O)N1Cc2cccn2C[C@H](Oc2ccccn2)C1. The van der Waals surface area contributed by atoms with Gasteiger partial charge in [0.2, 0.25) is 11.8 Å². The summed E-state index contributed by atoms with van der Waals surface area (Å²) in [6.07, 6.45) is 3.57. The van der Waals surface area contributed by atoms with Gasteiger partial charge in [0.05, 0.1) is 19.6 Å². The fraction of sp³-hybridized carbons (Fsp3) is 0.412. The van der Waals surface area contributed by atoms with E-state index in [4.69, 9.17) is 9.47 Å². The van der Waals surface area contributed by atoms with E-state index in [2.05, 4.69) is 9.55 Å². The molecule has 1 amide bonds. The largest absolute Gasteiger partial charge is 0.471 e. The van der Waals surface area contributed by atoms with Crippen LogP contribution in [0.3, 0.4) is 0 Å². The minimum Gasteiger partial charge on any atom is -0.471 e. The number of hydrogen-bond acceptors (Lipinski definition) is 4. The lowest BCUT2D eigenvalue weighted by Crippen LogP contribution is -2.40. The molecule has 0 radical (unpaired) electrons. The van der Waals surface area contributed by atoms with Crippen molar-refractivity contribution in [1.82, 2.24) is 14.5 Å². The van der Waals surface area contributed by atoms with Crippen molar-refractivity contribution in [1.29, 1.82) is 0 Å². The molecule has 2 aromatic rings. The first-order chi connectivity index (χ1) is 11.3. The van der Waals surface area contributed by atoms with Crippen molar-refractivity contribution >= 4 is 5.91 Å². The van der Waals surface area contributed by atoms with Crippen LogP contribution in [0, 0.1) is 0 Å². The third-order valence-electron chi connectivity index (χ3n) is 3.81. The summed E-state index contributed by atoms with van der Waals surface area (Å²) in [5.74, 6) is 0.557. The molecule has 6 nitrogen and oxygen atoms in total. The van der Waals surface area contributed by atoms with E-state index < -0.39 is 0 Å². The van der Waals surface area contributed by atoms with Crippen LogP contribution >= 0.6 is 0 Å². The molecule has 0 aromatic carbocycles. The lowest BCUT2D eigenvalue weighted by molar-refractivity contribution is -0.137. The minimum absolute atomic E-state index is 0.0175. The second-order valence-corrected chi connectivity index (χ2v) is 5.47. The standard InChI is InChI=1S/C17H21N3O3/c1-2-22-13-17(21)20-10-14-6-5-9-19(14)11-15(12-20)23-16-7-3-4-8-18-16/h3-9,15H,2,10-13H2,1H3/t15-/m0/s1. The van der Waals surface area contributed by atoms with Crippen molar-refractivity contribution in [3.8, 4) is 5.88 Å². The Morgan fingerprint density at radius 1 is 1.30 bits per heavy atom. The number of hydrogen-bond donors (Lipinski definition) is 0. The Morgan fingerprint density at radius 3 is 3.00 bits per heavy atom. The molecule has 3 rings (SSSR count). The Balaban J connectivity index is 1.76. The van der Waals surface area contributed by atoms with Crippen LogP contribution in [0.15, 0.2) is 42.7 Å². The van der Waals surface area contributed by atoms with Gasteiger partial charge < -0.3 is 18.9 Å². The van der Waals surface area contributed by atoms with Gasteiger partial charge in [-0.25, -0.2) is 4.98 Å². The molecule has 0 aliphatic carbocycles. The second-order valence-electron chi connectivity index (χ2n) is 5.47. The molecule has 23 heavy (non-hydrogen) atoms. The molecule has 1 aliphatic rings. The van der Waals surface area contributed by atoms with Crippen molar-refractivity contribution in [2.45, 2.75) is 26.1 Å². The highest BCUT2D eigenvalue weighted by Crippen LogP contribution is 2.17. The monoisotopic (exact) mass is 315 g/mol. The van der Waals surface area contributed by atoms with Crippen LogP contribution in [0.4, 0.5) is 0 Å². The van der Waals surface area contributed by atoms with Gasteiger partial charge in [-0.05, 0) is 25.1 Å². The Bertz CT molecular complexity index is 642. The third kappa shape index (κ3) is 3.90. The lowest BCUT2D eigenvalue weighted by Gasteiger charge is -2.24. The Kier molecular flexibility index (Phi) is 4.92. The first kappa shape index (κ1) is 15.6. The maximum atomic E-state index is 12.4. The molecular weight excluding hydrogens is 294 g/mol. The first-order valence-corrected chi connectivity index (χ1v) is 7.83. The van der Waals surface area contributed by atoms with Crippen LogP contribution in [0.1, 0.15) is 12.6 Å². The minimum atomic E-state index is -0.149. The van der Waals surface area contributed by atoms with Crippen LogP contribution in [0.5, 0.6) is 5.88 Å². The molecule has 0 saturated carbocycles. The predicted octanol–water partition coefficient (Wildman–Crippen LogP) is 1.71. The van der Waals surface area contributed by atoms with E-state index in [1.165, 1.54) is 0 Å². The smallest absolute Gasteiger partial charge is 0.249 e. The molecular formula is C17H21N3O3. The molecule has 0 fully saturated rings. The van der Waals surface area contributed by atoms with Crippen molar-refractivity contribution in [3.05, 3.63) is 48.4 Å². The molecule has 2 aromatic heterocycles. The van der Waals surface area contributed by atoms with E-state index in [1.54, 1.807) is 11.1 Å². The number of aromatic nitrogens is 2. The van der Waals surface area contributed by atoms with Crippen molar-refractivity contribution in [2.24, 2.45) is 0 Å². The van der Waals surface area contributed by atoms with Crippen LogP contribution in [0.2, 0.25) is 0 Å². The number of carbonyl (C=O) groups is 1. The fourth-order valence-electron chi connectivity index (χ4n) is 2.69. The zero-order valence-electron chi connectivity index (χ0n) is 13.2. The van der Waals surface area contributed by atoms with Gasteiger partial charge in [-0.15, -0.1) is 0 Å². The van der Waals surface area contributed by atoms with Gasteiger partial charge in [-0.2, -0.15) is 0 Å². The fourth-order valence-corrected chi connectivity index (χ4v) is 2.69. The molecule has 0 unspecified atom stereocenters. The van der Waals surface area contributed by atoms with Crippen LogP contribution in [0.25, 0.3) is 0 Å². The summed E-state index contributed by atoms with van der Waals surface area (Å²) in [5.41, 5.74) is 1.10. The highest BCUT2D eigenvalue weighted by atomic mass is 16.5. The molecule has 0 bridgehead atoms. The van der Waals surface area contributed by atoms with Crippen molar-refractivity contribution in [3.63, 3.8) is 0 Å². The van der Waals surface area contributed by atoms with Crippen LogP contribution in [-0.4, -0.2) is 46.2 Å². The molecule has 6 heteroatoms. The zero-order valence-corrected chi connectivity index (χ0v) is 13.2. The number of fused-ring (bicyclic) bond motifs is 1. The summed E-state index contributed by atoms with van der Waals surface area (Å²) < 4.78 is 13.4. The van der Waals surface area contributed by atoms with Gasteiger partial charge in [-0.3, -0.25) is 4.79 Å². The van der Waals surface area contributed by atoms with Gasteiger partial charge in [0, 0.05) is 30.8 Å². The third-order valence-corrected chi connectivity index (χ3v) is 3.81. The van der Waals surface area contributed by atoms with Crippen LogP contribution < -0.4 is 4.74 Å². The molecule has 1 aliphatic heterocycles. The average molecular weight is 315 g/mol. The molecule has 1 atom stereocenters. The summed E-state index contributed by atoms with van der Waals surface area (Å²) in [6, 6.07) is 9.58. The maximum Gasteiger partial charge on any atom is 0.249 e. The maximum absolute atomic E-state index is 12.4. The van der Waals surface area contributed by atoms with E-state index in [0.29, 0.717) is 32.1 Å². The summed E-state index contributed by atoms with van der Waals surface area (Å²) in [6.45, 7) is 4.30. The quantitative estimate of drug-likeness (QED) is 0.843. The molecule has 122 valence electrons. The van der Waals surface area contributed by atoms with Gasteiger partial charge in [-0.1, -0.05) is 6.07 Å². The summed E-state index contributed by atoms with van der Waals surface area (Å²) in [5, 5.41) is 0. The molecule has 3 heterocycles. The molecule has 0 spiro atoms. The normalized spacial score (nSPS) is 17.4. The number of amides is 1. The Morgan fingerprint density at radius 2 is 2.22 bits per heavy atom. The number of carbonyl (C=O) groups excluding carboxylic acids is 1. The topological polar surface area (TPSA) is 56.6 Å². The number of ether oxygens (including phenoxy) is 2. The first-order valence-electron chi connectivity index (χ1n) is 7.83. The Hall–Kier alpha value is -2.34. The van der Waals surface area contributed by atoms with E-state index in [-0.39, 0.29) is 18.6 Å². The van der Waals surface area contributed by atoms with Crippen LogP contribution in [-0.2, 0) is 22.6 Å². The zero-order chi connectivity index (χ0) is 16.1. The molecule has 0 N–H and O–H groups in total. The van der Waals surface area contributed by atoms with Gasteiger partial charge >= 0.3 is 0 Å². The predicted molar refractivity (Wildman–Crippen MR) is 85.0 cm³/mol. The molecule has 0 saturated heterocycles. The van der Waals surface area contributed by atoms with E-state index in [1.807, 2.05) is 43.5 Å². The Labute approximate surface area is 135 Å². The summed E-state index contributed by atoms with van der Waals surface area (Å²) in [4.78, 5) is 18.4. The number of rotatable bonds is 5. The number of pyridine rings is 1. The van der Waals surface area contributed by atoms with E-state index in [0.717, 1.165) is 5.69 Å². The lowest BCUT2D eigenvalue weighted by atomic mass is 10.3. The van der Waals surface area contributed by atoms with Gasteiger partial charge in [0.25, 0.3) is 0 Å². The van der Waals surface area contributed by atoms with E-state index >= 15 is 0 Å². The second kappa shape index (κ2) is 7.28. The van der Waals surface area contributed by atoms with Crippen molar-refractivity contribution < 1.29 is 14.3 Å². The number of nitrogens with zero attached hydrogens (tertiary/aromatic N) is 3. The van der Waals surface area contributed by atoms with Gasteiger partial charge in [0.1, 0.15) is 12.7 Å². The van der Waals surface area contributed by atoms with Crippen molar-refractivity contribution in [2.75, 3.05) is 19.8 Å². The highest BCUT2D eigenvalue weighted by molar-refractivity contribution is 5.77. The summed E-state index contributed by atoms with van der Waals surface area (Å²) >= 11 is 0.